The van der Waals surface area contributed by atoms with Gasteiger partial charge in [0.25, 0.3) is 0 Å². The summed E-state index contributed by atoms with van der Waals surface area (Å²) in [6, 6.07) is -2.35. The molecule has 1 aliphatic rings. The van der Waals surface area contributed by atoms with Crippen molar-refractivity contribution >= 4 is 29.6 Å². The quantitative estimate of drug-likeness (QED) is 0.109. The van der Waals surface area contributed by atoms with Crippen LogP contribution in [0.2, 0.25) is 0 Å². The highest BCUT2D eigenvalue weighted by atomic mass is 16.2. The van der Waals surface area contributed by atoms with E-state index in [1.165, 1.54) is 4.90 Å². The van der Waals surface area contributed by atoms with Crippen molar-refractivity contribution in [3.63, 3.8) is 0 Å². The lowest BCUT2D eigenvalue weighted by Crippen LogP contribution is -2.56. The summed E-state index contributed by atoms with van der Waals surface area (Å²) in [5, 5.41) is 5.16. The van der Waals surface area contributed by atoms with E-state index in [-0.39, 0.29) is 30.8 Å². The van der Waals surface area contributed by atoms with E-state index in [1.54, 1.807) is 0 Å². The van der Waals surface area contributed by atoms with Crippen LogP contribution in [0.5, 0.6) is 0 Å². The van der Waals surface area contributed by atoms with Gasteiger partial charge in [-0.25, -0.2) is 0 Å². The minimum Gasteiger partial charge on any atom is -0.370 e. The average Bonchev–Trinajstić information content (AvgIpc) is 3.16. The predicted molar refractivity (Wildman–Crippen MR) is 116 cm³/mol. The highest BCUT2D eigenvalue weighted by Gasteiger charge is 2.37. The average molecular weight is 441 g/mol. The largest absolute Gasteiger partial charge is 0.370 e. The maximum atomic E-state index is 13.2. The number of likely N-dealkylation sites (tertiary alicyclic amines) is 1. The van der Waals surface area contributed by atoms with E-state index in [4.69, 9.17) is 22.9 Å². The number of aliphatic imine (C=N–C) groups is 1. The fraction of sp³-hybridized carbons (Fsp3) is 0.737. The number of hydrogen-bond donors (Lipinski definition) is 6. The molecule has 0 aliphatic carbocycles. The topological polar surface area (TPSA) is 212 Å². The SMILES string of the molecule is CC(C)C[C@H](N)C(=O)N[C@H](CCCN=C(N)N)C(=O)N1CCC[C@H]1C(=O)NCC(N)=O. The van der Waals surface area contributed by atoms with E-state index in [0.717, 1.165) is 0 Å². The van der Waals surface area contributed by atoms with Gasteiger partial charge in [0.2, 0.25) is 23.6 Å². The van der Waals surface area contributed by atoms with Gasteiger partial charge in [0.1, 0.15) is 12.1 Å². The Morgan fingerprint density at radius 3 is 2.42 bits per heavy atom. The Kier molecular flexibility index (Phi) is 10.7. The molecule has 1 aliphatic heterocycles. The van der Waals surface area contributed by atoms with Crippen LogP contribution in [0.4, 0.5) is 0 Å². The molecule has 0 aromatic rings. The molecule has 31 heavy (non-hydrogen) atoms. The van der Waals surface area contributed by atoms with Gasteiger partial charge in [-0.15, -0.1) is 0 Å². The van der Waals surface area contributed by atoms with Gasteiger partial charge in [-0.2, -0.15) is 0 Å². The number of primary amides is 1. The molecule has 0 saturated carbocycles. The van der Waals surface area contributed by atoms with Crippen molar-refractivity contribution in [2.24, 2.45) is 33.8 Å². The second-order valence-corrected chi connectivity index (χ2v) is 8.12. The van der Waals surface area contributed by atoms with Crippen LogP contribution in [0.1, 0.15) is 46.0 Å². The van der Waals surface area contributed by atoms with Crippen LogP contribution >= 0.6 is 0 Å². The number of nitrogens with one attached hydrogen (secondary N) is 2. The molecule has 0 unspecified atom stereocenters. The zero-order valence-corrected chi connectivity index (χ0v) is 18.3. The highest BCUT2D eigenvalue weighted by molar-refractivity contribution is 5.94. The molecular weight excluding hydrogens is 404 g/mol. The van der Waals surface area contributed by atoms with Crippen LogP contribution in [0.3, 0.4) is 0 Å². The number of nitrogens with zero attached hydrogens (tertiary/aromatic N) is 2. The predicted octanol–water partition coefficient (Wildman–Crippen LogP) is -2.51. The lowest BCUT2D eigenvalue weighted by Gasteiger charge is -2.29. The van der Waals surface area contributed by atoms with Crippen molar-refractivity contribution in [3.8, 4) is 0 Å². The Morgan fingerprint density at radius 2 is 1.84 bits per heavy atom. The summed E-state index contributed by atoms with van der Waals surface area (Å²) < 4.78 is 0. The fourth-order valence-corrected chi connectivity index (χ4v) is 3.45. The summed E-state index contributed by atoms with van der Waals surface area (Å²) in [5.41, 5.74) is 21.7. The summed E-state index contributed by atoms with van der Waals surface area (Å²) in [7, 11) is 0. The molecule has 1 rings (SSSR count). The first-order valence-corrected chi connectivity index (χ1v) is 10.5. The van der Waals surface area contributed by atoms with Gasteiger partial charge in [0, 0.05) is 13.1 Å². The standard InChI is InChI=1S/C19H36N8O4/c1-11(2)9-12(20)16(29)26-13(5-3-7-24-19(22)23)18(31)27-8-4-6-14(27)17(30)25-10-15(21)28/h11-14H,3-10,20H2,1-2H3,(H2,21,28)(H,25,30)(H,26,29)(H4,22,23,24)/t12-,13+,14-/m0/s1. The lowest BCUT2D eigenvalue weighted by molar-refractivity contribution is -0.142. The third kappa shape index (κ3) is 9.20. The van der Waals surface area contributed by atoms with Crippen LogP contribution in [-0.2, 0) is 19.2 Å². The Hall–Kier alpha value is -2.89. The first-order valence-electron chi connectivity index (χ1n) is 10.5. The number of carbonyl (C=O) groups excluding carboxylic acids is 4. The van der Waals surface area contributed by atoms with E-state index in [9.17, 15) is 19.2 Å². The molecule has 12 heteroatoms. The zero-order valence-electron chi connectivity index (χ0n) is 18.3. The molecule has 10 N–H and O–H groups in total. The summed E-state index contributed by atoms with van der Waals surface area (Å²) >= 11 is 0. The summed E-state index contributed by atoms with van der Waals surface area (Å²) in [4.78, 5) is 54.4. The van der Waals surface area contributed by atoms with Gasteiger partial charge in [0.05, 0.1) is 12.6 Å². The monoisotopic (exact) mass is 440 g/mol. The van der Waals surface area contributed by atoms with Gasteiger partial charge < -0.3 is 38.5 Å². The summed E-state index contributed by atoms with van der Waals surface area (Å²) in [5.74, 6) is -1.78. The molecule has 4 amide bonds. The first-order chi connectivity index (χ1) is 14.5. The minimum atomic E-state index is -0.871. The van der Waals surface area contributed by atoms with Crippen molar-refractivity contribution in [1.82, 2.24) is 15.5 Å². The van der Waals surface area contributed by atoms with Crippen molar-refractivity contribution in [1.29, 1.82) is 0 Å². The third-order valence-electron chi connectivity index (χ3n) is 4.90. The smallest absolute Gasteiger partial charge is 0.245 e. The molecule has 0 bridgehead atoms. The third-order valence-corrected chi connectivity index (χ3v) is 4.90. The fourth-order valence-electron chi connectivity index (χ4n) is 3.45. The Balaban J connectivity index is 2.89. The molecule has 0 aromatic heterocycles. The van der Waals surface area contributed by atoms with Crippen LogP contribution in [0.15, 0.2) is 4.99 Å². The second-order valence-electron chi connectivity index (χ2n) is 8.12. The number of rotatable bonds is 12. The molecule has 12 nitrogen and oxygen atoms in total. The van der Waals surface area contributed by atoms with Crippen LogP contribution in [-0.4, -0.2) is 72.2 Å². The molecule has 176 valence electrons. The van der Waals surface area contributed by atoms with Crippen LogP contribution in [0.25, 0.3) is 0 Å². The molecular formula is C19H36N8O4. The van der Waals surface area contributed by atoms with Gasteiger partial charge in [-0.1, -0.05) is 13.8 Å². The van der Waals surface area contributed by atoms with E-state index in [1.807, 2.05) is 13.8 Å². The van der Waals surface area contributed by atoms with Crippen molar-refractivity contribution < 1.29 is 19.2 Å². The van der Waals surface area contributed by atoms with E-state index >= 15 is 0 Å². The van der Waals surface area contributed by atoms with Gasteiger partial charge in [-0.3, -0.25) is 24.2 Å². The second kappa shape index (κ2) is 12.7. The molecule has 0 radical (unpaired) electrons. The highest BCUT2D eigenvalue weighted by Crippen LogP contribution is 2.20. The summed E-state index contributed by atoms with van der Waals surface area (Å²) in [6.07, 6.45) is 2.28. The van der Waals surface area contributed by atoms with Gasteiger partial charge >= 0.3 is 0 Å². The number of guanidine groups is 1. The van der Waals surface area contributed by atoms with Crippen molar-refractivity contribution in [2.75, 3.05) is 19.6 Å². The minimum absolute atomic E-state index is 0.0587. The van der Waals surface area contributed by atoms with E-state index in [2.05, 4.69) is 15.6 Å². The van der Waals surface area contributed by atoms with Crippen molar-refractivity contribution in [2.45, 2.75) is 64.1 Å². The van der Waals surface area contributed by atoms with E-state index in [0.29, 0.717) is 38.8 Å². The van der Waals surface area contributed by atoms with Crippen LogP contribution in [0, 0.1) is 5.92 Å². The number of carbonyl (C=O) groups is 4. The zero-order chi connectivity index (χ0) is 23.6. The summed E-state index contributed by atoms with van der Waals surface area (Å²) in [6.45, 7) is 4.25. The molecule has 0 aromatic carbocycles. The number of hydrogen-bond acceptors (Lipinski definition) is 6. The maximum absolute atomic E-state index is 13.2. The van der Waals surface area contributed by atoms with Gasteiger partial charge in [-0.05, 0) is 38.0 Å². The Labute approximate surface area is 182 Å². The van der Waals surface area contributed by atoms with Crippen LogP contribution < -0.4 is 33.6 Å². The van der Waals surface area contributed by atoms with E-state index < -0.39 is 35.8 Å². The molecule has 1 heterocycles. The maximum Gasteiger partial charge on any atom is 0.245 e. The molecule has 3 atom stereocenters. The van der Waals surface area contributed by atoms with Gasteiger partial charge in [0.15, 0.2) is 5.96 Å². The normalized spacial score (nSPS) is 17.7. The van der Waals surface area contributed by atoms with Crippen molar-refractivity contribution in [3.05, 3.63) is 0 Å². The first kappa shape index (κ1) is 26.1. The molecule has 1 fully saturated rings. The lowest BCUT2D eigenvalue weighted by atomic mass is 10.0. The Morgan fingerprint density at radius 1 is 1.16 bits per heavy atom. The Bertz CT molecular complexity index is 678. The molecule has 1 saturated heterocycles. The number of nitrogens with two attached hydrogens (primary N) is 4. The number of amides is 4. The molecule has 0 spiro atoms.